The Morgan fingerprint density at radius 1 is 1.52 bits per heavy atom. The summed E-state index contributed by atoms with van der Waals surface area (Å²) < 4.78 is 0. The second-order valence-corrected chi connectivity index (χ2v) is 6.23. The van der Waals surface area contributed by atoms with Crippen LogP contribution in [0.1, 0.15) is 54.2 Å². The quantitative estimate of drug-likeness (QED) is 0.776. The van der Waals surface area contributed by atoms with Crippen LogP contribution in [0.2, 0.25) is 0 Å². The van der Waals surface area contributed by atoms with Gasteiger partial charge in [-0.15, -0.1) is 0 Å². The van der Waals surface area contributed by atoms with Gasteiger partial charge in [0.25, 0.3) is 11.5 Å². The van der Waals surface area contributed by atoms with Crippen LogP contribution >= 0.6 is 0 Å². The van der Waals surface area contributed by atoms with Crippen molar-refractivity contribution in [2.45, 2.75) is 52.0 Å². The average Bonchev–Trinajstić information content (AvgIpc) is 2.43. The van der Waals surface area contributed by atoms with Crippen molar-refractivity contribution >= 4 is 5.91 Å². The van der Waals surface area contributed by atoms with Gasteiger partial charge in [0.2, 0.25) is 0 Å². The van der Waals surface area contributed by atoms with Gasteiger partial charge in [-0.1, -0.05) is 19.8 Å². The zero-order valence-corrected chi connectivity index (χ0v) is 12.8. The van der Waals surface area contributed by atoms with Crippen molar-refractivity contribution in [3.05, 3.63) is 27.2 Å². The minimum Gasteiger partial charge on any atom is -0.394 e. The Morgan fingerprint density at radius 2 is 2.24 bits per heavy atom. The fourth-order valence-corrected chi connectivity index (χ4v) is 3.16. The molecular weight excluding hydrogens is 270 g/mol. The van der Waals surface area contributed by atoms with Gasteiger partial charge >= 0.3 is 0 Å². The van der Waals surface area contributed by atoms with Crippen molar-refractivity contribution in [2.24, 2.45) is 5.92 Å². The summed E-state index contributed by atoms with van der Waals surface area (Å²) in [6, 6.07) is 0. The first-order chi connectivity index (χ1) is 9.88. The van der Waals surface area contributed by atoms with Gasteiger partial charge in [-0.2, -0.15) is 5.10 Å². The van der Waals surface area contributed by atoms with Crippen LogP contribution in [-0.4, -0.2) is 33.4 Å². The molecule has 1 saturated carbocycles. The number of aryl methyl sites for hydroxylation is 1. The van der Waals surface area contributed by atoms with Crippen LogP contribution in [0.5, 0.6) is 0 Å². The molecule has 1 heterocycles. The predicted molar refractivity (Wildman–Crippen MR) is 79.2 cm³/mol. The Morgan fingerprint density at radius 3 is 2.86 bits per heavy atom. The molecule has 0 aliphatic heterocycles. The van der Waals surface area contributed by atoms with Crippen molar-refractivity contribution in [3.8, 4) is 0 Å². The lowest BCUT2D eigenvalue weighted by atomic mass is 9.76. The lowest BCUT2D eigenvalue weighted by Gasteiger charge is -2.39. The van der Waals surface area contributed by atoms with E-state index in [-0.39, 0.29) is 12.2 Å². The molecule has 1 aliphatic rings. The molecule has 2 atom stereocenters. The van der Waals surface area contributed by atoms with Crippen molar-refractivity contribution in [1.82, 2.24) is 15.5 Å². The molecule has 0 saturated heterocycles. The zero-order valence-electron chi connectivity index (χ0n) is 12.8. The molecule has 0 aromatic carbocycles. The number of hydrogen-bond donors (Lipinski definition) is 3. The van der Waals surface area contributed by atoms with E-state index in [4.69, 9.17) is 0 Å². The van der Waals surface area contributed by atoms with E-state index in [1.807, 2.05) is 0 Å². The fourth-order valence-electron chi connectivity index (χ4n) is 3.16. The molecule has 0 bridgehead atoms. The average molecular weight is 293 g/mol. The first kappa shape index (κ1) is 15.7. The van der Waals surface area contributed by atoms with Gasteiger partial charge in [-0.25, -0.2) is 5.10 Å². The molecule has 1 fully saturated rings. The van der Waals surface area contributed by atoms with E-state index >= 15 is 0 Å². The van der Waals surface area contributed by atoms with Crippen LogP contribution in [0.25, 0.3) is 0 Å². The van der Waals surface area contributed by atoms with E-state index in [1.165, 1.54) is 0 Å². The highest BCUT2D eigenvalue weighted by molar-refractivity contribution is 5.95. The molecule has 116 valence electrons. The number of nitrogens with zero attached hydrogens (tertiary/aromatic N) is 1. The Bertz CT molecular complexity index is 596. The third-order valence-electron chi connectivity index (χ3n) is 4.47. The van der Waals surface area contributed by atoms with Gasteiger partial charge in [0, 0.05) is 0 Å². The van der Waals surface area contributed by atoms with E-state index in [0.717, 1.165) is 25.7 Å². The monoisotopic (exact) mass is 293 g/mol. The summed E-state index contributed by atoms with van der Waals surface area (Å²) in [5.74, 6) is 0.0205. The maximum Gasteiger partial charge on any atom is 0.277 e. The highest BCUT2D eigenvalue weighted by atomic mass is 16.3. The normalized spacial score (nSPS) is 25.6. The van der Waals surface area contributed by atoms with E-state index in [9.17, 15) is 14.7 Å². The van der Waals surface area contributed by atoms with Crippen molar-refractivity contribution in [3.63, 3.8) is 0 Å². The van der Waals surface area contributed by atoms with Crippen LogP contribution in [0.3, 0.4) is 0 Å². The Kier molecular flexibility index (Phi) is 4.46. The topological polar surface area (TPSA) is 95.1 Å². The van der Waals surface area contributed by atoms with Crippen molar-refractivity contribution < 1.29 is 9.90 Å². The van der Waals surface area contributed by atoms with E-state index < -0.39 is 17.0 Å². The molecule has 1 aromatic heterocycles. The Hall–Kier alpha value is -1.69. The fraction of sp³-hybridized carbons (Fsp3) is 0.667. The second-order valence-electron chi connectivity index (χ2n) is 6.23. The SMILES string of the molecule is Cc1n[nH]c(=O)c(C(=O)NC2(CO)CCCC(C)C2)c1C. The smallest absolute Gasteiger partial charge is 0.277 e. The largest absolute Gasteiger partial charge is 0.394 e. The molecule has 1 aliphatic carbocycles. The minimum absolute atomic E-state index is 0.0913. The minimum atomic E-state index is -0.620. The number of amides is 1. The van der Waals surface area contributed by atoms with Crippen LogP contribution in [0.4, 0.5) is 0 Å². The molecule has 0 radical (unpaired) electrons. The maximum absolute atomic E-state index is 12.5. The summed E-state index contributed by atoms with van der Waals surface area (Å²) in [7, 11) is 0. The summed E-state index contributed by atoms with van der Waals surface area (Å²) in [5, 5.41) is 18.8. The Balaban J connectivity index is 2.29. The van der Waals surface area contributed by atoms with Crippen molar-refractivity contribution in [2.75, 3.05) is 6.61 Å². The first-order valence-corrected chi connectivity index (χ1v) is 7.38. The summed E-state index contributed by atoms with van der Waals surface area (Å²) in [6.07, 6.45) is 3.54. The number of nitrogens with one attached hydrogen (secondary N) is 2. The molecule has 2 unspecified atom stereocenters. The third kappa shape index (κ3) is 3.15. The van der Waals surface area contributed by atoms with Crippen LogP contribution in [0.15, 0.2) is 4.79 Å². The Labute approximate surface area is 124 Å². The van der Waals surface area contributed by atoms with Gasteiger partial charge in [0.1, 0.15) is 5.56 Å². The summed E-state index contributed by atoms with van der Waals surface area (Å²) in [6.45, 7) is 5.46. The number of aromatic nitrogens is 2. The first-order valence-electron chi connectivity index (χ1n) is 7.38. The van der Waals surface area contributed by atoms with Gasteiger partial charge in [-0.05, 0) is 38.2 Å². The van der Waals surface area contributed by atoms with Gasteiger partial charge in [-0.3, -0.25) is 9.59 Å². The molecule has 3 N–H and O–H groups in total. The molecule has 6 heteroatoms. The number of hydrogen-bond acceptors (Lipinski definition) is 4. The summed E-state index contributed by atoms with van der Waals surface area (Å²) in [4.78, 5) is 24.4. The number of aromatic amines is 1. The van der Waals surface area contributed by atoms with Crippen LogP contribution < -0.4 is 10.9 Å². The number of carbonyl (C=O) groups excluding carboxylic acids is 1. The van der Waals surface area contributed by atoms with E-state index in [1.54, 1.807) is 13.8 Å². The number of aliphatic hydroxyl groups excluding tert-OH is 1. The van der Waals surface area contributed by atoms with Gasteiger partial charge < -0.3 is 10.4 Å². The molecule has 1 amide bonds. The second kappa shape index (κ2) is 5.97. The lowest BCUT2D eigenvalue weighted by molar-refractivity contribution is 0.0695. The highest BCUT2D eigenvalue weighted by Gasteiger charge is 2.36. The molecule has 21 heavy (non-hydrogen) atoms. The molecule has 2 rings (SSSR count). The number of H-pyrrole nitrogens is 1. The number of rotatable bonds is 3. The van der Waals surface area contributed by atoms with E-state index in [0.29, 0.717) is 17.2 Å². The van der Waals surface area contributed by atoms with Crippen LogP contribution in [0, 0.1) is 19.8 Å². The molecule has 0 spiro atoms. The highest BCUT2D eigenvalue weighted by Crippen LogP contribution is 2.32. The maximum atomic E-state index is 12.5. The standard InChI is InChI=1S/C15H23N3O3/c1-9-5-4-6-15(7-9,8-19)16-13(20)12-10(2)11(3)17-18-14(12)21/h9,19H,4-8H2,1-3H3,(H,16,20)(H,18,21). The zero-order chi connectivity index (χ0) is 15.6. The lowest BCUT2D eigenvalue weighted by Crippen LogP contribution is -2.54. The number of carbonyl (C=O) groups is 1. The van der Waals surface area contributed by atoms with Gasteiger partial charge in [0.15, 0.2) is 0 Å². The van der Waals surface area contributed by atoms with Crippen LogP contribution in [-0.2, 0) is 0 Å². The molecule has 6 nitrogen and oxygen atoms in total. The molecular formula is C15H23N3O3. The summed E-state index contributed by atoms with van der Waals surface area (Å²) >= 11 is 0. The molecule has 1 aromatic rings. The summed E-state index contributed by atoms with van der Waals surface area (Å²) in [5.41, 5.74) is 0.175. The van der Waals surface area contributed by atoms with Gasteiger partial charge in [0.05, 0.1) is 17.8 Å². The van der Waals surface area contributed by atoms with E-state index in [2.05, 4.69) is 22.4 Å². The predicted octanol–water partition coefficient (Wildman–Crippen LogP) is 1.06. The number of aliphatic hydroxyl groups is 1. The van der Waals surface area contributed by atoms with Crippen molar-refractivity contribution in [1.29, 1.82) is 0 Å². The third-order valence-corrected chi connectivity index (χ3v) is 4.47.